The molecule has 0 radical (unpaired) electrons. The molecule has 2 amide bonds. The predicted octanol–water partition coefficient (Wildman–Crippen LogP) is 4.41. The molecule has 3 aromatic heterocycles. The number of rotatable bonds is 7. The number of benzene rings is 1. The van der Waals surface area contributed by atoms with E-state index in [-0.39, 0.29) is 18.2 Å². The van der Waals surface area contributed by atoms with Gasteiger partial charge in [-0.1, -0.05) is 30.3 Å². The van der Waals surface area contributed by atoms with E-state index in [0.717, 1.165) is 27.8 Å². The van der Waals surface area contributed by atoms with Crippen LogP contribution in [0.15, 0.2) is 67.1 Å². The molecule has 0 spiro atoms. The molecule has 0 fully saturated rings. The summed E-state index contributed by atoms with van der Waals surface area (Å²) in [6.45, 7) is 6.24. The summed E-state index contributed by atoms with van der Waals surface area (Å²) in [5, 5.41) is 11.1. The van der Waals surface area contributed by atoms with Gasteiger partial charge >= 0.3 is 6.03 Å². The van der Waals surface area contributed by atoms with Crippen LogP contribution in [0.25, 0.3) is 16.6 Å². The lowest BCUT2D eigenvalue weighted by Crippen LogP contribution is -2.35. The summed E-state index contributed by atoms with van der Waals surface area (Å²) in [6.07, 6.45) is 5.26. The fourth-order valence-corrected chi connectivity index (χ4v) is 3.37. The van der Waals surface area contributed by atoms with Gasteiger partial charge in [0.15, 0.2) is 0 Å². The summed E-state index contributed by atoms with van der Waals surface area (Å²) in [6, 6.07) is 14.8. The van der Waals surface area contributed by atoms with Gasteiger partial charge in [0.05, 0.1) is 42.4 Å². The lowest BCUT2D eigenvalue weighted by atomic mass is 10.1. The van der Waals surface area contributed by atoms with E-state index in [9.17, 15) is 4.79 Å². The molecule has 4 aromatic rings. The minimum Gasteiger partial charge on any atom is -0.376 e. The van der Waals surface area contributed by atoms with E-state index >= 15 is 0 Å². The van der Waals surface area contributed by atoms with Gasteiger partial charge in [-0.3, -0.25) is 10.3 Å². The molecule has 0 saturated carbocycles. The quantitative estimate of drug-likeness (QED) is 0.453. The number of ether oxygens (including phenoxy) is 1. The molecule has 32 heavy (non-hydrogen) atoms. The Morgan fingerprint density at radius 3 is 2.66 bits per heavy atom. The van der Waals surface area contributed by atoms with Crippen LogP contribution in [-0.4, -0.2) is 38.5 Å². The SMILES string of the molecule is Cc1cc(-n2ncc3cc(NC(=O)N[C@H](COC(C)C)c4ccccc4)ncc32)ccn1. The number of anilines is 1. The number of nitrogens with one attached hydrogen (secondary N) is 2. The van der Waals surface area contributed by atoms with Gasteiger partial charge in [0, 0.05) is 17.3 Å². The molecule has 0 bridgehead atoms. The standard InChI is InChI=1S/C24H26N6O2/c1-16(2)32-15-21(18-7-5-4-6-8-18)28-24(31)29-23-12-19-13-27-30(22(19)14-26-23)20-9-10-25-17(3)11-20/h4-14,16,21H,15H2,1-3H3,(H2,26,28,29,31)/t21-/m1/s1. The Morgan fingerprint density at radius 1 is 1.09 bits per heavy atom. The van der Waals surface area contributed by atoms with E-state index in [0.29, 0.717) is 12.4 Å². The van der Waals surface area contributed by atoms with E-state index in [1.54, 1.807) is 29.3 Å². The lowest BCUT2D eigenvalue weighted by molar-refractivity contribution is 0.0632. The smallest absolute Gasteiger partial charge is 0.320 e. The highest BCUT2D eigenvalue weighted by Crippen LogP contribution is 2.20. The summed E-state index contributed by atoms with van der Waals surface area (Å²) in [7, 11) is 0. The maximum absolute atomic E-state index is 12.7. The molecule has 0 aliphatic rings. The average Bonchev–Trinajstić information content (AvgIpc) is 3.20. The van der Waals surface area contributed by atoms with Crippen molar-refractivity contribution < 1.29 is 9.53 Å². The average molecular weight is 431 g/mol. The number of pyridine rings is 2. The number of aromatic nitrogens is 4. The molecular formula is C24H26N6O2. The molecule has 8 heteroatoms. The van der Waals surface area contributed by atoms with Crippen molar-refractivity contribution >= 4 is 22.8 Å². The Morgan fingerprint density at radius 2 is 1.91 bits per heavy atom. The highest BCUT2D eigenvalue weighted by Gasteiger charge is 2.16. The van der Waals surface area contributed by atoms with Gasteiger partial charge in [0.25, 0.3) is 0 Å². The molecule has 0 aliphatic heterocycles. The Labute approximate surface area is 186 Å². The zero-order chi connectivity index (χ0) is 22.5. The van der Waals surface area contributed by atoms with Crippen LogP contribution >= 0.6 is 0 Å². The number of hydrogen-bond acceptors (Lipinski definition) is 5. The number of carbonyl (C=O) groups excluding carboxylic acids is 1. The topological polar surface area (TPSA) is 94.0 Å². The second kappa shape index (κ2) is 9.57. The monoisotopic (exact) mass is 430 g/mol. The van der Waals surface area contributed by atoms with E-state index in [1.807, 2.05) is 63.2 Å². The van der Waals surface area contributed by atoms with Crippen molar-refractivity contribution in [3.63, 3.8) is 0 Å². The van der Waals surface area contributed by atoms with Gasteiger partial charge in [-0.05, 0) is 44.5 Å². The van der Waals surface area contributed by atoms with Gasteiger partial charge in [-0.25, -0.2) is 14.5 Å². The summed E-state index contributed by atoms with van der Waals surface area (Å²) in [4.78, 5) is 21.3. The van der Waals surface area contributed by atoms with Crippen LogP contribution in [0.5, 0.6) is 0 Å². The molecule has 2 N–H and O–H groups in total. The van der Waals surface area contributed by atoms with E-state index < -0.39 is 0 Å². The Balaban J connectivity index is 1.49. The minimum absolute atomic E-state index is 0.0656. The molecule has 4 rings (SSSR count). The van der Waals surface area contributed by atoms with Gasteiger partial charge in [-0.15, -0.1) is 0 Å². The van der Waals surface area contributed by atoms with E-state index in [1.165, 1.54) is 0 Å². The summed E-state index contributed by atoms with van der Waals surface area (Å²) in [5.41, 5.74) is 3.63. The zero-order valence-electron chi connectivity index (χ0n) is 18.3. The van der Waals surface area contributed by atoms with Crippen LogP contribution in [0, 0.1) is 6.92 Å². The van der Waals surface area contributed by atoms with Crippen molar-refractivity contribution in [3.8, 4) is 5.69 Å². The van der Waals surface area contributed by atoms with Crippen molar-refractivity contribution in [1.82, 2.24) is 25.1 Å². The van der Waals surface area contributed by atoms with Gasteiger partial charge in [-0.2, -0.15) is 5.10 Å². The molecule has 1 aromatic carbocycles. The molecule has 0 saturated heterocycles. The van der Waals surface area contributed by atoms with Crippen molar-refractivity contribution in [1.29, 1.82) is 0 Å². The zero-order valence-corrected chi connectivity index (χ0v) is 18.3. The molecule has 1 atom stereocenters. The third kappa shape index (κ3) is 5.09. The number of carbonyl (C=O) groups is 1. The number of hydrogen-bond donors (Lipinski definition) is 2. The van der Waals surface area contributed by atoms with Crippen LogP contribution in [0.1, 0.15) is 31.1 Å². The first-order chi connectivity index (χ1) is 15.5. The number of nitrogens with zero attached hydrogens (tertiary/aromatic N) is 4. The normalized spacial score (nSPS) is 12.1. The third-order valence-corrected chi connectivity index (χ3v) is 4.92. The lowest BCUT2D eigenvalue weighted by Gasteiger charge is -2.21. The summed E-state index contributed by atoms with van der Waals surface area (Å²) < 4.78 is 7.55. The number of amides is 2. The van der Waals surface area contributed by atoms with Crippen LogP contribution in [0.3, 0.4) is 0 Å². The van der Waals surface area contributed by atoms with Crippen LogP contribution in [0.4, 0.5) is 10.6 Å². The van der Waals surface area contributed by atoms with Gasteiger partial charge < -0.3 is 10.1 Å². The predicted molar refractivity (Wildman–Crippen MR) is 124 cm³/mol. The maximum Gasteiger partial charge on any atom is 0.320 e. The minimum atomic E-state index is -0.352. The first kappa shape index (κ1) is 21.5. The van der Waals surface area contributed by atoms with Crippen molar-refractivity contribution in [2.45, 2.75) is 32.9 Å². The van der Waals surface area contributed by atoms with E-state index in [4.69, 9.17) is 4.74 Å². The van der Waals surface area contributed by atoms with Crippen molar-refractivity contribution in [3.05, 3.63) is 78.4 Å². The van der Waals surface area contributed by atoms with Crippen LogP contribution < -0.4 is 10.6 Å². The molecule has 3 heterocycles. The van der Waals surface area contributed by atoms with Crippen molar-refractivity contribution in [2.75, 3.05) is 11.9 Å². The van der Waals surface area contributed by atoms with Crippen LogP contribution in [-0.2, 0) is 4.74 Å². The summed E-state index contributed by atoms with van der Waals surface area (Å²) >= 11 is 0. The van der Waals surface area contributed by atoms with Crippen molar-refractivity contribution in [2.24, 2.45) is 0 Å². The number of urea groups is 1. The number of fused-ring (bicyclic) bond motifs is 1. The Bertz CT molecular complexity index is 1210. The molecular weight excluding hydrogens is 404 g/mol. The molecule has 0 unspecified atom stereocenters. The highest BCUT2D eigenvalue weighted by molar-refractivity contribution is 5.91. The fourth-order valence-electron chi connectivity index (χ4n) is 3.37. The summed E-state index contributed by atoms with van der Waals surface area (Å²) in [5.74, 6) is 0.442. The first-order valence-electron chi connectivity index (χ1n) is 10.5. The van der Waals surface area contributed by atoms with E-state index in [2.05, 4.69) is 25.7 Å². The maximum atomic E-state index is 12.7. The second-order valence-electron chi connectivity index (χ2n) is 7.78. The van der Waals surface area contributed by atoms with Crippen LogP contribution in [0.2, 0.25) is 0 Å². The molecule has 164 valence electrons. The molecule has 0 aliphatic carbocycles. The number of aryl methyl sites for hydroxylation is 1. The van der Waals surface area contributed by atoms with Gasteiger partial charge in [0.1, 0.15) is 5.82 Å². The highest BCUT2D eigenvalue weighted by atomic mass is 16.5. The second-order valence-corrected chi connectivity index (χ2v) is 7.78. The fraction of sp³-hybridized carbons (Fsp3) is 0.250. The Hall–Kier alpha value is -3.78. The first-order valence-corrected chi connectivity index (χ1v) is 10.5. The largest absolute Gasteiger partial charge is 0.376 e. The third-order valence-electron chi connectivity index (χ3n) is 4.92. The van der Waals surface area contributed by atoms with Gasteiger partial charge in [0.2, 0.25) is 0 Å². The Kier molecular flexibility index (Phi) is 6.42. The molecule has 8 nitrogen and oxygen atoms in total.